The van der Waals surface area contributed by atoms with Gasteiger partial charge >= 0.3 is 0 Å². The van der Waals surface area contributed by atoms with Crippen molar-refractivity contribution in [2.75, 3.05) is 6.54 Å². The lowest BCUT2D eigenvalue weighted by molar-refractivity contribution is 0.0763. The second kappa shape index (κ2) is 6.21. The Morgan fingerprint density at radius 1 is 1.32 bits per heavy atom. The molecule has 0 spiro atoms. The van der Waals surface area contributed by atoms with Crippen molar-refractivity contribution in [3.63, 3.8) is 0 Å². The lowest BCUT2D eigenvalue weighted by atomic mass is 10.2. The van der Waals surface area contributed by atoms with Gasteiger partial charge in [0.1, 0.15) is 6.54 Å². The summed E-state index contributed by atoms with van der Waals surface area (Å²) >= 11 is 3.17. The van der Waals surface area contributed by atoms with Gasteiger partial charge in [-0.05, 0) is 27.6 Å². The summed E-state index contributed by atoms with van der Waals surface area (Å²) in [5, 5.41) is 8.85. The molecule has 0 aliphatic heterocycles. The summed E-state index contributed by atoms with van der Waals surface area (Å²) in [6, 6.07) is 13.1. The summed E-state index contributed by atoms with van der Waals surface area (Å²) in [6.07, 6.45) is 1.43. The number of nitriles is 1. The number of hydrogen-bond donors (Lipinski definition) is 0. The summed E-state index contributed by atoms with van der Waals surface area (Å²) in [4.78, 5) is 13.8. The first kappa shape index (κ1) is 13.4. The Kier molecular flexibility index (Phi) is 4.37. The van der Waals surface area contributed by atoms with Gasteiger partial charge in [-0.25, -0.2) is 0 Å². The van der Waals surface area contributed by atoms with Crippen molar-refractivity contribution < 1.29 is 9.21 Å². The predicted octanol–water partition coefficient (Wildman–Crippen LogP) is 3.21. The fourth-order valence-corrected chi connectivity index (χ4v) is 2.11. The number of carbonyl (C=O) groups is 1. The van der Waals surface area contributed by atoms with Gasteiger partial charge in [-0.3, -0.25) is 4.79 Å². The molecule has 0 aliphatic rings. The van der Waals surface area contributed by atoms with Crippen LogP contribution >= 0.6 is 15.9 Å². The van der Waals surface area contributed by atoms with E-state index in [4.69, 9.17) is 9.68 Å². The van der Waals surface area contributed by atoms with Crippen molar-refractivity contribution in [3.8, 4) is 6.07 Å². The van der Waals surface area contributed by atoms with E-state index in [2.05, 4.69) is 15.9 Å². The van der Waals surface area contributed by atoms with Gasteiger partial charge in [0.2, 0.25) is 0 Å². The second-order valence-corrected chi connectivity index (χ2v) is 4.63. The molecule has 0 aliphatic carbocycles. The molecule has 0 N–H and O–H groups in total. The van der Waals surface area contributed by atoms with Gasteiger partial charge in [-0.15, -0.1) is 0 Å². The quantitative estimate of drug-likeness (QED) is 0.813. The van der Waals surface area contributed by atoms with Crippen molar-refractivity contribution >= 4 is 21.8 Å². The Morgan fingerprint density at radius 3 is 2.63 bits per heavy atom. The van der Waals surface area contributed by atoms with Gasteiger partial charge in [-0.2, -0.15) is 5.26 Å². The van der Waals surface area contributed by atoms with Gasteiger partial charge in [0.05, 0.1) is 17.9 Å². The minimum atomic E-state index is -0.231. The van der Waals surface area contributed by atoms with Crippen LogP contribution in [0.3, 0.4) is 0 Å². The highest BCUT2D eigenvalue weighted by atomic mass is 79.9. The normalized spacial score (nSPS) is 9.89. The first-order valence-corrected chi connectivity index (χ1v) is 6.45. The van der Waals surface area contributed by atoms with Crippen LogP contribution in [0.25, 0.3) is 0 Å². The molecule has 1 amide bonds. The van der Waals surface area contributed by atoms with Crippen LogP contribution < -0.4 is 0 Å². The number of benzene rings is 1. The van der Waals surface area contributed by atoms with E-state index >= 15 is 0 Å². The van der Waals surface area contributed by atoms with Crippen molar-refractivity contribution in [2.45, 2.75) is 6.54 Å². The fraction of sp³-hybridized carbons (Fsp3) is 0.143. The largest absolute Gasteiger partial charge is 0.457 e. The molecule has 2 rings (SSSR count). The van der Waals surface area contributed by atoms with Crippen molar-refractivity contribution in [1.82, 2.24) is 4.90 Å². The van der Waals surface area contributed by atoms with Crippen molar-refractivity contribution in [1.29, 1.82) is 5.26 Å². The van der Waals surface area contributed by atoms with Crippen LogP contribution in [0.1, 0.15) is 15.9 Å². The highest BCUT2D eigenvalue weighted by Crippen LogP contribution is 2.20. The number of nitrogens with zero attached hydrogens (tertiary/aromatic N) is 2. The summed E-state index contributed by atoms with van der Waals surface area (Å²) in [5.74, 6) is -0.231. The van der Waals surface area contributed by atoms with Crippen LogP contribution in [0.5, 0.6) is 0 Å². The zero-order valence-corrected chi connectivity index (χ0v) is 11.6. The van der Waals surface area contributed by atoms with E-state index in [1.165, 1.54) is 11.2 Å². The molecule has 0 saturated heterocycles. The Morgan fingerprint density at radius 2 is 2.05 bits per heavy atom. The number of amides is 1. The van der Waals surface area contributed by atoms with Gasteiger partial charge in [-0.1, -0.05) is 30.3 Å². The minimum absolute atomic E-state index is 0.0331. The van der Waals surface area contributed by atoms with E-state index in [0.29, 0.717) is 16.8 Å². The summed E-state index contributed by atoms with van der Waals surface area (Å²) in [5.41, 5.74) is 1.40. The molecule has 1 aromatic heterocycles. The molecule has 0 bridgehead atoms. The van der Waals surface area contributed by atoms with E-state index in [1.807, 2.05) is 36.4 Å². The number of halogens is 1. The molecule has 0 saturated carbocycles. The Labute approximate surface area is 119 Å². The smallest absolute Gasteiger partial charge is 0.259 e. The lowest BCUT2D eigenvalue weighted by Crippen LogP contribution is -2.30. The van der Waals surface area contributed by atoms with Crippen LogP contribution in [-0.4, -0.2) is 17.4 Å². The maximum atomic E-state index is 12.3. The standard InChI is InChI=1S/C14H11BrN2O2/c15-13-12(6-9-19-13)14(18)17(8-7-16)10-11-4-2-1-3-5-11/h1-6,9H,8,10H2. The lowest BCUT2D eigenvalue weighted by Gasteiger charge is -2.19. The van der Waals surface area contributed by atoms with E-state index in [1.54, 1.807) is 6.07 Å². The van der Waals surface area contributed by atoms with E-state index in [0.717, 1.165) is 5.56 Å². The summed E-state index contributed by atoms with van der Waals surface area (Å²) < 4.78 is 5.43. The Bertz CT molecular complexity index is 601. The molecule has 4 nitrogen and oxygen atoms in total. The zero-order valence-electron chi connectivity index (χ0n) is 10.0. The second-order valence-electron chi connectivity index (χ2n) is 3.91. The van der Waals surface area contributed by atoms with Crippen LogP contribution in [0, 0.1) is 11.3 Å². The monoisotopic (exact) mass is 318 g/mol. The zero-order chi connectivity index (χ0) is 13.7. The van der Waals surface area contributed by atoms with Crippen molar-refractivity contribution in [3.05, 3.63) is 58.5 Å². The predicted molar refractivity (Wildman–Crippen MR) is 73.2 cm³/mol. The Balaban J connectivity index is 2.19. The third-order valence-corrected chi connectivity index (χ3v) is 3.23. The van der Waals surface area contributed by atoms with Gasteiger partial charge in [0.15, 0.2) is 4.67 Å². The van der Waals surface area contributed by atoms with E-state index < -0.39 is 0 Å². The highest BCUT2D eigenvalue weighted by molar-refractivity contribution is 9.10. The van der Waals surface area contributed by atoms with Crippen molar-refractivity contribution in [2.24, 2.45) is 0 Å². The minimum Gasteiger partial charge on any atom is -0.457 e. The average molecular weight is 319 g/mol. The molecule has 0 radical (unpaired) electrons. The molecule has 0 atom stereocenters. The molecule has 0 unspecified atom stereocenters. The van der Waals surface area contributed by atoms with E-state index in [-0.39, 0.29) is 12.5 Å². The topological polar surface area (TPSA) is 57.2 Å². The first-order valence-electron chi connectivity index (χ1n) is 5.65. The molecular weight excluding hydrogens is 308 g/mol. The maximum absolute atomic E-state index is 12.3. The molecule has 0 fully saturated rings. The Hall–Kier alpha value is -2.06. The SMILES string of the molecule is N#CCN(Cc1ccccc1)C(=O)c1ccoc1Br. The number of furan rings is 1. The van der Waals surface area contributed by atoms with Crippen LogP contribution in [0.4, 0.5) is 0 Å². The fourth-order valence-electron chi connectivity index (χ4n) is 1.71. The molecule has 1 heterocycles. The average Bonchev–Trinajstić information content (AvgIpc) is 2.85. The van der Waals surface area contributed by atoms with Crippen LogP contribution in [0.2, 0.25) is 0 Å². The van der Waals surface area contributed by atoms with E-state index in [9.17, 15) is 4.79 Å². The number of carbonyl (C=O) groups excluding carboxylic acids is 1. The maximum Gasteiger partial charge on any atom is 0.259 e. The van der Waals surface area contributed by atoms with Gasteiger partial charge in [0, 0.05) is 6.54 Å². The molecular formula is C14H11BrN2O2. The number of rotatable bonds is 4. The molecule has 19 heavy (non-hydrogen) atoms. The number of hydrogen-bond acceptors (Lipinski definition) is 3. The third kappa shape index (κ3) is 3.24. The summed E-state index contributed by atoms with van der Waals surface area (Å²) in [7, 11) is 0. The summed E-state index contributed by atoms with van der Waals surface area (Å²) in [6.45, 7) is 0.427. The molecule has 5 heteroatoms. The van der Waals surface area contributed by atoms with Crippen LogP contribution in [0.15, 0.2) is 51.7 Å². The van der Waals surface area contributed by atoms with Gasteiger partial charge in [0.25, 0.3) is 5.91 Å². The molecule has 96 valence electrons. The molecule has 1 aromatic carbocycles. The van der Waals surface area contributed by atoms with Crippen LogP contribution in [-0.2, 0) is 6.54 Å². The van der Waals surface area contributed by atoms with Gasteiger partial charge < -0.3 is 9.32 Å². The third-order valence-electron chi connectivity index (χ3n) is 2.61. The first-order chi connectivity index (χ1) is 9.22. The molecule has 2 aromatic rings. The highest BCUT2D eigenvalue weighted by Gasteiger charge is 2.20.